The Balaban J connectivity index is 2.53. The molecule has 0 bridgehead atoms. The minimum Gasteiger partial charge on any atom is -0.475 e. The zero-order chi connectivity index (χ0) is 14.0. The quantitative estimate of drug-likeness (QED) is 0.921. The minimum absolute atomic E-state index is 0.0591. The maximum atomic E-state index is 11.2. The molecule has 0 spiro atoms. The van der Waals surface area contributed by atoms with E-state index < -0.39 is 5.97 Å². The molecule has 19 heavy (non-hydrogen) atoms. The number of rotatable bonds is 4. The summed E-state index contributed by atoms with van der Waals surface area (Å²) in [6, 6.07) is 5.74. The van der Waals surface area contributed by atoms with E-state index in [1.807, 2.05) is 32.0 Å². The van der Waals surface area contributed by atoms with Gasteiger partial charge in [-0.25, -0.2) is 9.78 Å². The van der Waals surface area contributed by atoms with Crippen LogP contribution in [0, 0.1) is 6.92 Å². The van der Waals surface area contributed by atoms with Gasteiger partial charge in [0.05, 0.1) is 5.69 Å². The lowest BCUT2D eigenvalue weighted by atomic mass is 10.1. The molecule has 0 fully saturated rings. The summed E-state index contributed by atoms with van der Waals surface area (Å²) in [5.41, 5.74) is 2.30. The SMILES string of the molecule is CCCc1nc(-c2cc(Br)ccc2C)oc1C(=O)O. The second-order valence-electron chi connectivity index (χ2n) is 4.31. The molecule has 0 radical (unpaired) electrons. The van der Waals surface area contributed by atoms with E-state index in [4.69, 9.17) is 9.52 Å². The zero-order valence-corrected chi connectivity index (χ0v) is 12.3. The molecular weight excluding hydrogens is 310 g/mol. The molecule has 0 atom stereocenters. The molecule has 0 unspecified atom stereocenters. The van der Waals surface area contributed by atoms with Crippen molar-refractivity contribution in [3.8, 4) is 11.5 Å². The largest absolute Gasteiger partial charge is 0.475 e. The molecular formula is C14H14BrNO3. The van der Waals surface area contributed by atoms with Crippen molar-refractivity contribution in [1.82, 2.24) is 4.98 Å². The Kier molecular flexibility index (Phi) is 4.04. The van der Waals surface area contributed by atoms with Crippen molar-refractivity contribution in [2.75, 3.05) is 0 Å². The molecule has 1 aromatic heterocycles. The van der Waals surface area contributed by atoms with Crippen LogP contribution in [0.2, 0.25) is 0 Å². The molecule has 0 amide bonds. The Bertz CT molecular complexity index is 619. The fourth-order valence-corrected chi connectivity index (χ4v) is 2.23. The fraction of sp³-hybridized carbons (Fsp3) is 0.286. The Morgan fingerprint density at radius 1 is 1.47 bits per heavy atom. The van der Waals surface area contributed by atoms with Crippen molar-refractivity contribution < 1.29 is 14.3 Å². The van der Waals surface area contributed by atoms with E-state index in [9.17, 15) is 4.79 Å². The molecule has 2 aromatic rings. The monoisotopic (exact) mass is 323 g/mol. The summed E-state index contributed by atoms with van der Waals surface area (Å²) < 4.78 is 6.32. The number of benzene rings is 1. The highest BCUT2D eigenvalue weighted by Gasteiger charge is 2.20. The molecule has 0 saturated carbocycles. The third-order valence-corrected chi connectivity index (χ3v) is 3.30. The maximum absolute atomic E-state index is 11.2. The van der Waals surface area contributed by atoms with Crippen LogP contribution in [0.1, 0.15) is 35.2 Å². The summed E-state index contributed by atoms with van der Waals surface area (Å²) in [6.07, 6.45) is 1.42. The van der Waals surface area contributed by atoms with Crippen LogP contribution >= 0.6 is 15.9 Å². The summed E-state index contributed by atoms with van der Waals surface area (Å²) >= 11 is 3.39. The van der Waals surface area contributed by atoms with E-state index in [1.165, 1.54) is 0 Å². The number of halogens is 1. The lowest BCUT2D eigenvalue weighted by molar-refractivity contribution is 0.0661. The lowest BCUT2D eigenvalue weighted by Gasteiger charge is -2.01. The van der Waals surface area contributed by atoms with E-state index in [0.717, 1.165) is 22.0 Å². The van der Waals surface area contributed by atoms with Gasteiger partial charge in [-0.15, -0.1) is 0 Å². The van der Waals surface area contributed by atoms with Gasteiger partial charge in [0, 0.05) is 10.0 Å². The van der Waals surface area contributed by atoms with Gasteiger partial charge in [-0.3, -0.25) is 0 Å². The lowest BCUT2D eigenvalue weighted by Crippen LogP contribution is -1.99. The number of hydrogen-bond donors (Lipinski definition) is 1. The van der Waals surface area contributed by atoms with Crippen molar-refractivity contribution in [3.05, 3.63) is 39.7 Å². The normalized spacial score (nSPS) is 10.7. The van der Waals surface area contributed by atoms with E-state index in [1.54, 1.807) is 0 Å². The predicted molar refractivity (Wildman–Crippen MR) is 75.3 cm³/mol. The van der Waals surface area contributed by atoms with E-state index in [2.05, 4.69) is 20.9 Å². The molecule has 0 saturated heterocycles. The minimum atomic E-state index is -1.07. The van der Waals surface area contributed by atoms with Gasteiger partial charge in [-0.05, 0) is 31.0 Å². The molecule has 4 nitrogen and oxygen atoms in total. The Labute approximate surface area is 119 Å². The van der Waals surface area contributed by atoms with Crippen LogP contribution in [0.3, 0.4) is 0 Å². The van der Waals surface area contributed by atoms with Crippen molar-refractivity contribution in [2.45, 2.75) is 26.7 Å². The highest BCUT2D eigenvalue weighted by Crippen LogP contribution is 2.28. The molecule has 1 heterocycles. The summed E-state index contributed by atoms with van der Waals surface area (Å²) in [5, 5.41) is 9.13. The van der Waals surface area contributed by atoms with Crippen molar-refractivity contribution >= 4 is 21.9 Å². The average molecular weight is 324 g/mol. The maximum Gasteiger partial charge on any atom is 0.373 e. The first-order chi connectivity index (χ1) is 9.02. The second-order valence-corrected chi connectivity index (χ2v) is 5.22. The first-order valence-electron chi connectivity index (χ1n) is 6.02. The predicted octanol–water partition coefficient (Wildman–Crippen LogP) is 4.06. The standard InChI is InChI=1S/C14H14BrNO3/c1-3-4-11-12(14(17)18)19-13(16-11)10-7-9(15)6-5-8(10)2/h5-7H,3-4H2,1-2H3,(H,17,18). The number of carboxylic acid groups (broad SMARTS) is 1. The third kappa shape index (κ3) is 2.87. The summed E-state index contributed by atoms with van der Waals surface area (Å²) in [7, 11) is 0. The summed E-state index contributed by atoms with van der Waals surface area (Å²) in [4.78, 5) is 15.5. The Hall–Kier alpha value is -1.62. The first-order valence-corrected chi connectivity index (χ1v) is 6.81. The Morgan fingerprint density at radius 2 is 2.21 bits per heavy atom. The second kappa shape index (κ2) is 5.57. The summed E-state index contributed by atoms with van der Waals surface area (Å²) in [6.45, 7) is 3.91. The Morgan fingerprint density at radius 3 is 2.84 bits per heavy atom. The molecule has 5 heteroatoms. The van der Waals surface area contributed by atoms with Crippen LogP contribution in [-0.2, 0) is 6.42 Å². The number of carboxylic acids is 1. The topological polar surface area (TPSA) is 63.3 Å². The third-order valence-electron chi connectivity index (χ3n) is 2.81. The van der Waals surface area contributed by atoms with Crippen LogP contribution in [0.25, 0.3) is 11.5 Å². The van der Waals surface area contributed by atoms with E-state index in [0.29, 0.717) is 18.0 Å². The van der Waals surface area contributed by atoms with Gasteiger partial charge in [-0.2, -0.15) is 0 Å². The van der Waals surface area contributed by atoms with Crippen LogP contribution in [0.15, 0.2) is 27.1 Å². The zero-order valence-electron chi connectivity index (χ0n) is 10.7. The molecule has 1 aromatic carbocycles. The van der Waals surface area contributed by atoms with Gasteiger partial charge >= 0.3 is 5.97 Å². The smallest absolute Gasteiger partial charge is 0.373 e. The average Bonchev–Trinajstić information content (AvgIpc) is 2.77. The van der Waals surface area contributed by atoms with Crippen molar-refractivity contribution in [2.24, 2.45) is 0 Å². The number of aryl methyl sites for hydroxylation is 2. The van der Waals surface area contributed by atoms with Crippen LogP contribution in [-0.4, -0.2) is 16.1 Å². The van der Waals surface area contributed by atoms with E-state index in [-0.39, 0.29) is 5.76 Å². The van der Waals surface area contributed by atoms with Crippen LogP contribution in [0.5, 0.6) is 0 Å². The number of nitrogens with zero attached hydrogens (tertiary/aromatic N) is 1. The molecule has 0 aliphatic carbocycles. The van der Waals surface area contributed by atoms with Crippen molar-refractivity contribution in [1.29, 1.82) is 0 Å². The number of oxazole rings is 1. The van der Waals surface area contributed by atoms with Gasteiger partial charge in [0.15, 0.2) is 0 Å². The first kappa shape index (κ1) is 13.8. The van der Waals surface area contributed by atoms with Crippen LogP contribution < -0.4 is 0 Å². The number of aromatic carboxylic acids is 1. The highest BCUT2D eigenvalue weighted by atomic mass is 79.9. The fourth-order valence-electron chi connectivity index (χ4n) is 1.86. The van der Waals surface area contributed by atoms with Gasteiger partial charge < -0.3 is 9.52 Å². The number of hydrogen-bond acceptors (Lipinski definition) is 3. The van der Waals surface area contributed by atoms with Crippen molar-refractivity contribution in [3.63, 3.8) is 0 Å². The van der Waals surface area contributed by atoms with Gasteiger partial charge in [-0.1, -0.05) is 35.3 Å². The molecule has 0 aliphatic heterocycles. The number of aromatic nitrogens is 1. The number of carbonyl (C=O) groups is 1. The molecule has 2 rings (SSSR count). The highest BCUT2D eigenvalue weighted by molar-refractivity contribution is 9.10. The van der Waals surface area contributed by atoms with Gasteiger partial charge in [0.2, 0.25) is 11.7 Å². The van der Waals surface area contributed by atoms with Gasteiger partial charge in [0.1, 0.15) is 0 Å². The molecule has 1 N–H and O–H groups in total. The summed E-state index contributed by atoms with van der Waals surface area (Å²) in [5.74, 6) is -0.772. The van der Waals surface area contributed by atoms with E-state index >= 15 is 0 Å². The van der Waals surface area contributed by atoms with Gasteiger partial charge in [0.25, 0.3) is 0 Å². The molecule has 0 aliphatic rings. The molecule has 100 valence electrons. The van der Waals surface area contributed by atoms with Crippen LogP contribution in [0.4, 0.5) is 0 Å².